The highest BCUT2D eigenvalue weighted by Gasteiger charge is 2.33. The summed E-state index contributed by atoms with van der Waals surface area (Å²) >= 11 is 0. The van der Waals surface area contributed by atoms with Crippen molar-refractivity contribution in [3.05, 3.63) is 36.0 Å². The lowest BCUT2D eigenvalue weighted by Gasteiger charge is -2.18. The van der Waals surface area contributed by atoms with Gasteiger partial charge in [0.15, 0.2) is 0 Å². The molecule has 1 N–H and O–H groups in total. The maximum atomic E-state index is 5.57. The van der Waals surface area contributed by atoms with E-state index in [4.69, 9.17) is 9.47 Å². The van der Waals surface area contributed by atoms with Crippen LogP contribution in [0.5, 0.6) is 11.6 Å². The minimum atomic E-state index is 0.265. The molecule has 3 heterocycles. The van der Waals surface area contributed by atoms with Crippen LogP contribution in [0, 0.1) is 12.8 Å². The Kier molecular flexibility index (Phi) is 4.70. The van der Waals surface area contributed by atoms with Gasteiger partial charge in [-0.1, -0.05) is 6.92 Å². The highest BCUT2D eigenvalue weighted by Crippen LogP contribution is 2.42. The third kappa shape index (κ3) is 3.35. The van der Waals surface area contributed by atoms with Crippen LogP contribution in [-0.2, 0) is 0 Å². The number of pyridine rings is 1. The zero-order valence-electron chi connectivity index (χ0n) is 16.2. The molecule has 0 aromatic carbocycles. The van der Waals surface area contributed by atoms with Crippen LogP contribution >= 0.6 is 0 Å². The van der Waals surface area contributed by atoms with E-state index in [2.05, 4.69) is 33.3 Å². The quantitative estimate of drug-likeness (QED) is 0.691. The van der Waals surface area contributed by atoms with E-state index >= 15 is 0 Å². The summed E-state index contributed by atoms with van der Waals surface area (Å²) < 4.78 is 13.0. The highest BCUT2D eigenvalue weighted by atomic mass is 16.5. The Morgan fingerprint density at radius 1 is 1.22 bits per heavy atom. The number of ether oxygens (including phenoxy) is 2. The Labute approximate surface area is 158 Å². The van der Waals surface area contributed by atoms with Crippen molar-refractivity contribution in [2.75, 3.05) is 20.8 Å². The molecule has 1 fully saturated rings. The van der Waals surface area contributed by atoms with E-state index in [1.807, 2.05) is 23.7 Å². The van der Waals surface area contributed by atoms with Gasteiger partial charge in [0.25, 0.3) is 5.88 Å². The fraction of sp³-hybridized carbons (Fsp3) is 0.450. The third-order valence-corrected chi connectivity index (χ3v) is 4.94. The fourth-order valence-electron chi connectivity index (χ4n) is 3.51. The molecule has 1 saturated carbocycles. The SMILES string of the molecule is CCNC(c1cc(-c2cn3cc(C)nc3c(OC)n2)c(OC)cn1)C1CC1. The molecule has 0 spiro atoms. The van der Waals surface area contributed by atoms with E-state index in [0.717, 1.165) is 29.2 Å². The van der Waals surface area contributed by atoms with Crippen molar-refractivity contribution in [1.29, 1.82) is 0 Å². The van der Waals surface area contributed by atoms with Crippen LogP contribution in [-0.4, -0.2) is 40.1 Å². The number of nitrogens with one attached hydrogen (secondary N) is 1. The molecule has 0 saturated heterocycles. The van der Waals surface area contributed by atoms with Gasteiger partial charge in [0.1, 0.15) is 5.75 Å². The lowest BCUT2D eigenvalue weighted by molar-refractivity contribution is 0.399. The summed E-state index contributed by atoms with van der Waals surface area (Å²) in [6.07, 6.45) is 8.19. The summed E-state index contributed by atoms with van der Waals surface area (Å²) in [6.45, 7) is 4.99. The maximum Gasteiger partial charge on any atom is 0.258 e. The van der Waals surface area contributed by atoms with E-state index in [-0.39, 0.29) is 6.04 Å². The number of fused-ring (bicyclic) bond motifs is 1. The van der Waals surface area contributed by atoms with E-state index in [9.17, 15) is 0 Å². The van der Waals surface area contributed by atoms with Gasteiger partial charge in [0.2, 0.25) is 5.65 Å². The Bertz CT molecular complexity index is 964. The zero-order chi connectivity index (χ0) is 19.0. The van der Waals surface area contributed by atoms with Crippen molar-refractivity contribution >= 4 is 5.65 Å². The summed E-state index contributed by atoms with van der Waals surface area (Å²) in [4.78, 5) is 13.8. The van der Waals surface area contributed by atoms with Gasteiger partial charge in [-0.3, -0.25) is 4.98 Å². The Morgan fingerprint density at radius 3 is 2.70 bits per heavy atom. The molecule has 1 aliphatic rings. The smallest absolute Gasteiger partial charge is 0.258 e. The molecule has 1 unspecified atom stereocenters. The average molecular weight is 367 g/mol. The second-order valence-corrected chi connectivity index (χ2v) is 6.93. The summed E-state index contributed by atoms with van der Waals surface area (Å²) in [7, 11) is 3.26. The van der Waals surface area contributed by atoms with E-state index < -0.39 is 0 Å². The van der Waals surface area contributed by atoms with Crippen molar-refractivity contribution in [3.63, 3.8) is 0 Å². The van der Waals surface area contributed by atoms with Crippen LogP contribution in [0.15, 0.2) is 24.7 Å². The zero-order valence-corrected chi connectivity index (χ0v) is 16.2. The summed E-state index contributed by atoms with van der Waals surface area (Å²) in [5.74, 6) is 1.84. The molecule has 7 nitrogen and oxygen atoms in total. The van der Waals surface area contributed by atoms with Crippen LogP contribution in [0.25, 0.3) is 16.9 Å². The minimum Gasteiger partial charge on any atom is -0.494 e. The van der Waals surface area contributed by atoms with Crippen LogP contribution in [0.3, 0.4) is 0 Å². The van der Waals surface area contributed by atoms with Gasteiger partial charge in [-0.15, -0.1) is 0 Å². The van der Waals surface area contributed by atoms with Gasteiger partial charge in [0, 0.05) is 18.0 Å². The molecule has 1 aliphatic carbocycles. The van der Waals surface area contributed by atoms with Crippen molar-refractivity contribution in [2.45, 2.75) is 32.7 Å². The molecule has 3 aromatic rings. The number of imidazole rings is 1. The molecule has 0 amide bonds. The second kappa shape index (κ2) is 7.15. The molecule has 0 bridgehead atoms. The van der Waals surface area contributed by atoms with Gasteiger partial charge >= 0.3 is 0 Å². The normalized spacial score (nSPS) is 15.1. The number of hydrogen-bond acceptors (Lipinski definition) is 6. The first-order chi connectivity index (χ1) is 13.1. The predicted octanol–water partition coefficient (Wildman–Crippen LogP) is 3.18. The third-order valence-electron chi connectivity index (χ3n) is 4.94. The standard InChI is InChI=1S/C20H25N5O2/c1-5-21-18(13-6-7-13)15-8-14(17(26-3)9-22-15)16-11-25-10-12(2)23-19(25)20(24-16)27-4/h8-11,13,18,21H,5-7H2,1-4H3. The summed E-state index contributed by atoms with van der Waals surface area (Å²) in [5, 5.41) is 3.57. The number of methoxy groups -OCH3 is 2. The number of aryl methyl sites for hydroxylation is 1. The van der Waals surface area contributed by atoms with Crippen molar-refractivity contribution in [2.24, 2.45) is 5.92 Å². The van der Waals surface area contributed by atoms with Gasteiger partial charge in [0.05, 0.1) is 43.5 Å². The van der Waals surface area contributed by atoms with Gasteiger partial charge < -0.3 is 19.2 Å². The monoisotopic (exact) mass is 367 g/mol. The molecule has 7 heteroatoms. The molecule has 0 radical (unpaired) electrons. The molecule has 142 valence electrons. The van der Waals surface area contributed by atoms with Crippen LogP contribution in [0.4, 0.5) is 0 Å². The average Bonchev–Trinajstić information content (AvgIpc) is 3.45. The first-order valence-electron chi connectivity index (χ1n) is 9.32. The van der Waals surface area contributed by atoms with Gasteiger partial charge in [-0.05, 0) is 38.3 Å². The molecule has 4 rings (SSSR count). The largest absolute Gasteiger partial charge is 0.494 e. The molecular formula is C20H25N5O2. The van der Waals surface area contributed by atoms with Crippen LogP contribution in [0.2, 0.25) is 0 Å². The van der Waals surface area contributed by atoms with Gasteiger partial charge in [-0.25, -0.2) is 9.97 Å². The number of hydrogen-bond donors (Lipinski definition) is 1. The number of rotatable bonds is 7. The highest BCUT2D eigenvalue weighted by molar-refractivity contribution is 5.69. The molecule has 3 aromatic heterocycles. The van der Waals surface area contributed by atoms with Crippen molar-refractivity contribution in [3.8, 4) is 22.9 Å². The predicted molar refractivity (Wildman–Crippen MR) is 103 cm³/mol. The van der Waals surface area contributed by atoms with Crippen LogP contribution < -0.4 is 14.8 Å². The van der Waals surface area contributed by atoms with Crippen LogP contribution in [0.1, 0.15) is 37.2 Å². The Morgan fingerprint density at radius 2 is 2.04 bits per heavy atom. The minimum absolute atomic E-state index is 0.265. The summed E-state index contributed by atoms with van der Waals surface area (Å²) in [6, 6.07) is 2.35. The topological polar surface area (TPSA) is 73.6 Å². The van der Waals surface area contributed by atoms with E-state index in [1.165, 1.54) is 12.8 Å². The Balaban J connectivity index is 1.84. The number of nitrogens with zero attached hydrogens (tertiary/aromatic N) is 4. The van der Waals surface area contributed by atoms with E-state index in [0.29, 0.717) is 23.2 Å². The van der Waals surface area contributed by atoms with Crippen molar-refractivity contribution < 1.29 is 9.47 Å². The first-order valence-corrected chi connectivity index (χ1v) is 9.32. The number of aromatic nitrogens is 4. The summed E-state index contributed by atoms with van der Waals surface area (Å²) in [5.41, 5.74) is 4.31. The maximum absolute atomic E-state index is 5.57. The molecular weight excluding hydrogens is 342 g/mol. The molecule has 0 aliphatic heterocycles. The molecule has 1 atom stereocenters. The molecule has 27 heavy (non-hydrogen) atoms. The lowest BCUT2D eigenvalue weighted by atomic mass is 10.0. The van der Waals surface area contributed by atoms with E-state index in [1.54, 1.807) is 20.4 Å². The van der Waals surface area contributed by atoms with Crippen molar-refractivity contribution in [1.82, 2.24) is 24.7 Å². The lowest BCUT2D eigenvalue weighted by Crippen LogP contribution is -2.23. The Hall–Kier alpha value is -2.67. The fourth-order valence-corrected chi connectivity index (χ4v) is 3.51. The van der Waals surface area contributed by atoms with Gasteiger partial charge in [-0.2, -0.15) is 0 Å². The second-order valence-electron chi connectivity index (χ2n) is 6.93. The first kappa shape index (κ1) is 17.7.